The molecule has 0 bridgehead atoms. The molecule has 2 nitrogen and oxygen atoms in total. The molecule has 0 spiro atoms. The van der Waals surface area contributed by atoms with Crippen molar-refractivity contribution in [2.24, 2.45) is 0 Å². The zero-order valence-corrected chi connectivity index (χ0v) is 14.1. The largest absolute Gasteiger partial charge is 0.355 e. The van der Waals surface area contributed by atoms with E-state index < -0.39 is 0 Å². The van der Waals surface area contributed by atoms with Crippen molar-refractivity contribution >= 4 is 54.0 Å². The maximum Gasteiger partial charge on any atom is 0.100 e. The van der Waals surface area contributed by atoms with E-state index in [0.29, 0.717) is 5.56 Å². The highest BCUT2D eigenvalue weighted by atomic mass is 79.9. The Morgan fingerprint density at radius 1 is 0.857 bits per heavy atom. The molecule has 0 saturated heterocycles. The van der Waals surface area contributed by atoms with Crippen molar-refractivity contribution in [2.75, 3.05) is 5.32 Å². The average Bonchev–Trinajstić information content (AvgIpc) is 2.51. The van der Waals surface area contributed by atoms with Gasteiger partial charge in [0.1, 0.15) is 6.07 Å². The van der Waals surface area contributed by atoms with Crippen LogP contribution in [0.3, 0.4) is 0 Å². The molecule has 4 heteroatoms. The first-order valence-electron chi connectivity index (χ1n) is 6.33. The fourth-order valence-electron chi connectivity index (χ4n) is 2.21. The Kier molecular flexibility index (Phi) is 3.96. The van der Waals surface area contributed by atoms with Gasteiger partial charge in [-0.05, 0) is 51.6 Å². The molecule has 0 radical (unpaired) electrons. The molecule has 0 amide bonds. The van der Waals surface area contributed by atoms with Crippen molar-refractivity contribution in [2.45, 2.75) is 0 Å². The highest BCUT2D eigenvalue weighted by Crippen LogP contribution is 2.32. The molecule has 1 N–H and O–H groups in total. The van der Waals surface area contributed by atoms with Gasteiger partial charge in [0.05, 0.1) is 5.56 Å². The average molecular weight is 402 g/mol. The number of nitriles is 1. The highest BCUT2D eigenvalue weighted by Gasteiger charge is 2.06. The molecule has 3 aromatic carbocycles. The third-order valence-corrected chi connectivity index (χ3v) is 4.59. The van der Waals surface area contributed by atoms with Gasteiger partial charge >= 0.3 is 0 Å². The van der Waals surface area contributed by atoms with E-state index in [0.717, 1.165) is 31.1 Å². The number of anilines is 2. The van der Waals surface area contributed by atoms with E-state index >= 15 is 0 Å². The van der Waals surface area contributed by atoms with Crippen LogP contribution >= 0.6 is 31.9 Å². The molecule has 0 aliphatic carbocycles. The second kappa shape index (κ2) is 5.88. The number of rotatable bonds is 2. The van der Waals surface area contributed by atoms with Crippen molar-refractivity contribution in [3.8, 4) is 6.07 Å². The maximum absolute atomic E-state index is 8.97. The van der Waals surface area contributed by atoms with Crippen LogP contribution in [-0.4, -0.2) is 0 Å². The van der Waals surface area contributed by atoms with Crippen molar-refractivity contribution in [1.29, 1.82) is 5.26 Å². The van der Waals surface area contributed by atoms with Crippen LogP contribution in [0.2, 0.25) is 0 Å². The van der Waals surface area contributed by atoms with Gasteiger partial charge in [0.15, 0.2) is 0 Å². The van der Waals surface area contributed by atoms with Crippen molar-refractivity contribution in [3.05, 3.63) is 69.1 Å². The van der Waals surface area contributed by atoms with Gasteiger partial charge in [-0.3, -0.25) is 0 Å². The van der Waals surface area contributed by atoms with E-state index in [9.17, 15) is 0 Å². The first-order chi connectivity index (χ1) is 10.2. The molecule has 0 aliphatic rings. The molecule has 0 aromatic heterocycles. The predicted octanol–water partition coefficient (Wildman–Crippen LogP) is 5.98. The molecular weight excluding hydrogens is 392 g/mol. The Hall–Kier alpha value is -1.83. The van der Waals surface area contributed by atoms with Crippen LogP contribution in [0.15, 0.2) is 63.5 Å². The van der Waals surface area contributed by atoms with Gasteiger partial charge in [0, 0.05) is 25.7 Å². The molecule has 102 valence electrons. The summed E-state index contributed by atoms with van der Waals surface area (Å²) >= 11 is 6.99. The van der Waals surface area contributed by atoms with Crippen LogP contribution in [0.25, 0.3) is 10.8 Å². The minimum Gasteiger partial charge on any atom is -0.355 e. The lowest BCUT2D eigenvalue weighted by Crippen LogP contribution is -1.92. The van der Waals surface area contributed by atoms with E-state index in [1.54, 1.807) is 6.07 Å². The first kappa shape index (κ1) is 14.1. The summed E-state index contributed by atoms with van der Waals surface area (Å²) in [5.74, 6) is 0. The highest BCUT2D eigenvalue weighted by molar-refractivity contribution is 9.11. The van der Waals surface area contributed by atoms with Gasteiger partial charge in [0.25, 0.3) is 0 Å². The first-order valence-corrected chi connectivity index (χ1v) is 7.91. The summed E-state index contributed by atoms with van der Waals surface area (Å²) in [4.78, 5) is 0. The fraction of sp³-hybridized carbons (Fsp3) is 0. The standard InChI is InChI=1S/C17H10Br2N2/c18-15-7-8-17(14-4-2-1-3-13(14)15)21-12-6-5-11(10-20)16(19)9-12/h1-9,21H. The summed E-state index contributed by atoms with van der Waals surface area (Å²) in [6.45, 7) is 0. The molecule has 0 unspecified atom stereocenters. The molecule has 3 aromatic rings. The van der Waals surface area contributed by atoms with Gasteiger partial charge < -0.3 is 5.32 Å². The smallest absolute Gasteiger partial charge is 0.100 e. The lowest BCUT2D eigenvalue weighted by atomic mass is 10.1. The van der Waals surface area contributed by atoms with E-state index in [4.69, 9.17) is 5.26 Å². The SMILES string of the molecule is N#Cc1ccc(Nc2ccc(Br)c3ccccc23)cc1Br. The van der Waals surface area contributed by atoms with Crippen LogP contribution in [-0.2, 0) is 0 Å². The van der Waals surface area contributed by atoms with Crippen LogP contribution in [0.1, 0.15) is 5.56 Å². The molecule has 3 rings (SSSR count). The number of hydrogen-bond acceptors (Lipinski definition) is 2. The number of nitrogens with zero attached hydrogens (tertiary/aromatic N) is 1. The van der Waals surface area contributed by atoms with E-state index in [1.165, 1.54) is 0 Å². The van der Waals surface area contributed by atoms with Gasteiger partial charge in [-0.2, -0.15) is 5.26 Å². The lowest BCUT2D eigenvalue weighted by Gasteiger charge is -2.11. The molecule has 0 fully saturated rings. The molecule has 0 aliphatic heterocycles. The second-order valence-corrected chi connectivity index (χ2v) is 6.28. The van der Waals surface area contributed by atoms with Crippen molar-refractivity contribution in [3.63, 3.8) is 0 Å². The Morgan fingerprint density at radius 2 is 1.62 bits per heavy atom. The normalized spacial score (nSPS) is 10.3. The summed E-state index contributed by atoms with van der Waals surface area (Å²) < 4.78 is 1.86. The topological polar surface area (TPSA) is 35.8 Å². The Labute approximate surface area is 139 Å². The van der Waals surface area contributed by atoms with Crippen LogP contribution in [0, 0.1) is 11.3 Å². The number of hydrogen-bond donors (Lipinski definition) is 1. The van der Waals surface area contributed by atoms with E-state index in [-0.39, 0.29) is 0 Å². The molecule has 0 saturated carbocycles. The minimum absolute atomic E-state index is 0.626. The monoisotopic (exact) mass is 400 g/mol. The Balaban J connectivity index is 2.05. The minimum atomic E-state index is 0.626. The van der Waals surface area contributed by atoms with Gasteiger partial charge in [-0.25, -0.2) is 0 Å². The quantitative estimate of drug-likeness (QED) is 0.573. The van der Waals surface area contributed by atoms with Crippen LogP contribution in [0.4, 0.5) is 11.4 Å². The van der Waals surface area contributed by atoms with E-state index in [2.05, 4.69) is 55.4 Å². The number of nitrogens with one attached hydrogen (secondary N) is 1. The third kappa shape index (κ3) is 2.80. The van der Waals surface area contributed by atoms with E-state index in [1.807, 2.05) is 36.4 Å². The predicted molar refractivity (Wildman–Crippen MR) is 93.8 cm³/mol. The number of fused-ring (bicyclic) bond motifs is 1. The third-order valence-electron chi connectivity index (χ3n) is 3.24. The number of halogens is 2. The second-order valence-electron chi connectivity index (χ2n) is 4.57. The van der Waals surface area contributed by atoms with Crippen molar-refractivity contribution < 1.29 is 0 Å². The van der Waals surface area contributed by atoms with Crippen LogP contribution in [0.5, 0.6) is 0 Å². The fourth-order valence-corrected chi connectivity index (χ4v) is 3.16. The summed E-state index contributed by atoms with van der Waals surface area (Å²) in [5, 5.41) is 14.7. The Bertz CT molecular complexity index is 866. The van der Waals surface area contributed by atoms with Gasteiger partial charge in [-0.15, -0.1) is 0 Å². The molecule has 21 heavy (non-hydrogen) atoms. The summed E-state index contributed by atoms with van der Waals surface area (Å²) in [7, 11) is 0. The Morgan fingerprint density at radius 3 is 2.33 bits per heavy atom. The summed E-state index contributed by atoms with van der Waals surface area (Å²) in [6.07, 6.45) is 0. The summed E-state index contributed by atoms with van der Waals surface area (Å²) in [6, 6.07) is 20.0. The number of benzene rings is 3. The van der Waals surface area contributed by atoms with Crippen molar-refractivity contribution in [1.82, 2.24) is 0 Å². The van der Waals surface area contributed by atoms with Gasteiger partial charge in [0.2, 0.25) is 0 Å². The van der Waals surface area contributed by atoms with Crippen LogP contribution < -0.4 is 5.32 Å². The molecule has 0 atom stereocenters. The molecular formula is C17H10Br2N2. The molecule has 0 heterocycles. The zero-order valence-electron chi connectivity index (χ0n) is 10.9. The zero-order chi connectivity index (χ0) is 14.8. The maximum atomic E-state index is 8.97. The lowest BCUT2D eigenvalue weighted by molar-refractivity contribution is 1.46. The summed E-state index contributed by atoms with van der Waals surface area (Å²) in [5.41, 5.74) is 2.60. The van der Waals surface area contributed by atoms with Gasteiger partial charge in [-0.1, -0.05) is 40.2 Å².